The molecule has 1 aromatic heterocycles. The van der Waals surface area contributed by atoms with Crippen LogP contribution in [-0.4, -0.2) is 30.7 Å². The molecule has 0 spiro atoms. The van der Waals surface area contributed by atoms with Gasteiger partial charge in [0, 0.05) is 23.5 Å². The molecule has 33 heavy (non-hydrogen) atoms. The molecule has 0 aliphatic rings. The van der Waals surface area contributed by atoms with E-state index in [1.807, 2.05) is 18.6 Å². The molecule has 1 heterocycles. The number of nitrogens with zero attached hydrogens (tertiary/aromatic N) is 2. The van der Waals surface area contributed by atoms with Crippen LogP contribution in [0.3, 0.4) is 0 Å². The Hall–Kier alpha value is -3.20. The molecule has 3 aromatic rings. The van der Waals surface area contributed by atoms with Gasteiger partial charge in [-0.2, -0.15) is 0 Å². The van der Waals surface area contributed by atoms with Gasteiger partial charge in [0.25, 0.3) is 10.0 Å². The monoisotopic (exact) mass is 473 g/mol. The molecule has 0 radical (unpaired) electrons. The summed E-state index contributed by atoms with van der Waals surface area (Å²) in [5.41, 5.74) is 1.65. The molecule has 2 aromatic carbocycles. The van der Waals surface area contributed by atoms with Crippen LogP contribution in [0.5, 0.6) is 0 Å². The molecule has 0 aliphatic heterocycles. The summed E-state index contributed by atoms with van der Waals surface area (Å²) >= 11 is 0. The zero-order chi connectivity index (χ0) is 24.2. The molecule has 0 bridgehead atoms. The smallest absolute Gasteiger partial charge is 0.421 e. The number of benzene rings is 2. The van der Waals surface area contributed by atoms with Gasteiger partial charge in [0.05, 0.1) is 13.2 Å². The van der Waals surface area contributed by atoms with E-state index in [0.29, 0.717) is 23.4 Å². The first-order valence-corrected chi connectivity index (χ1v) is 12.2. The van der Waals surface area contributed by atoms with E-state index in [-0.39, 0.29) is 30.2 Å². The number of imidazole rings is 1. The van der Waals surface area contributed by atoms with Crippen LogP contribution >= 0.6 is 0 Å². The molecule has 0 atom stereocenters. The van der Waals surface area contributed by atoms with E-state index >= 15 is 4.39 Å². The minimum absolute atomic E-state index is 0.0200. The van der Waals surface area contributed by atoms with Crippen LogP contribution in [0, 0.1) is 18.7 Å². The molecule has 1 N–H and O–H groups in total. The van der Waals surface area contributed by atoms with E-state index < -0.39 is 26.8 Å². The van der Waals surface area contributed by atoms with E-state index in [0.717, 1.165) is 0 Å². The van der Waals surface area contributed by atoms with Crippen molar-refractivity contribution in [2.24, 2.45) is 5.92 Å². The molecule has 9 heteroatoms. The maximum Gasteiger partial charge on any atom is 0.421 e. The molecule has 0 aliphatic carbocycles. The minimum atomic E-state index is -4.57. The van der Waals surface area contributed by atoms with Gasteiger partial charge in [0.15, 0.2) is 0 Å². The topological polar surface area (TPSA) is 90.3 Å². The summed E-state index contributed by atoms with van der Waals surface area (Å²) in [5, 5.41) is 0. The third-order valence-corrected chi connectivity index (χ3v) is 6.51. The normalized spacial score (nSPS) is 11.6. The van der Waals surface area contributed by atoms with Crippen LogP contribution < -0.4 is 4.72 Å². The second-order valence-corrected chi connectivity index (χ2v) is 9.72. The number of hydrogen-bond acceptors (Lipinski definition) is 5. The van der Waals surface area contributed by atoms with Gasteiger partial charge in [0.2, 0.25) is 0 Å². The molecule has 0 saturated heterocycles. The van der Waals surface area contributed by atoms with Gasteiger partial charge in [-0.3, -0.25) is 0 Å². The van der Waals surface area contributed by atoms with E-state index in [2.05, 4.69) is 4.98 Å². The number of aromatic nitrogens is 2. The molecule has 7 nitrogen and oxygen atoms in total. The Balaban J connectivity index is 2.29. The predicted octanol–water partition coefficient (Wildman–Crippen LogP) is 4.68. The highest BCUT2D eigenvalue weighted by molar-refractivity contribution is 7.90. The first kappa shape index (κ1) is 24.4. The lowest BCUT2D eigenvalue weighted by atomic mass is 9.93. The Morgan fingerprint density at radius 2 is 1.94 bits per heavy atom. The number of carbonyl (C=O) groups is 1. The largest absolute Gasteiger partial charge is 0.449 e. The van der Waals surface area contributed by atoms with Crippen molar-refractivity contribution in [3.05, 3.63) is 71.6 Å². The third-order valence-electron chi connectivity index (χ3n) is 5.14. The van der Waals surface area contributed by atoms with Crippen molar-refractivity contribution in [3.63, 3.8) is 0 Å². The SMILES string of the molecule is CCOC(=O)NS(=O)(=O)c1c(-c2ccccc2)cc(CC(C)C)c(Cn2ccnc2C)c1F. The number of rotatable bonds is 8. The average molecular weight is 474 g/mol. The van der Waals surface area contributed by atoms with Gasteiger partial charge >= 0.3 is 6.09 Å². The Kier molecular flexibility index (Phi) is 7.53. The molecule has 0 unspecified atom stereocenters. The fourth-order valence-corrected chi connectivity index (χ4v) is 4.88. The van der Waals surface area contributed by atoms with Crippen molar-refractivity contribution in [3.8, 4) is 11.1 Å². The van der Waals surface area contributed by atoms with Crippen LogP contribution in [0.1, 0.15) is 37.7 Å². The summed E-state index contributed by atoms with van der Waals surface area (Å²) in [6, 6.07) is 10.4. The van der Waals surface area contributed by atoms with E-state index in [1.54, 1.807) is 67.2 Å². The number of hydrogen-bond donors (Lipinski definition) is 1. The molecule has 1 amide bonds. The molecular formula is C24H28FN3O4S. The summed E-state index contributed by atoms with van der Waals surface area (Å²) in [4.78, 5) is 15.5. The van der Waals surface area contributed by atoms with Gasteiger partial charge < -0.3 is 9.30 Å². The van der Waals surface area contributed by atoms with Crippen LogP contribution in [0.25, 0.3) is 11.1 Å². The summed E-state index contributed by atoms with van der Waals surface area (Å²) in [7, 11) is -4.57. The van der Waals surface area contributed by atoms with Crippen molar-refractivity contribution in [2.75, 3.05) is 6.61 Å². The van der Waals surface area contributed by atoms with Crippen molar-refractivity contribution in [1.82, 2.24) is 14.3 Å². The van der Waals surface area contributed by atoms with Gasteiger partial charge in [-0.05, 0) is 43.4 Å². The summed E-state index contributed by atoms with van der Waals surface area (Å²) in [6.45, 7) is 7.45. The second-order valence-electron chi connectivity index (χ2n) is 8.10. The maximum absolute atomic E-state index is 16.2. The van der Waals surface area contributed by atoms with E-state index in [4.69, 9.17) is 4.74 Å². The highest BCUT2D eigenvalue weighted by Crippen LogP contribution is 2.35. The number of nitrogens with one attached hydrogen (secondary N) is 1. The Labute approximate surface area is 193 Å². The van der Waals surface area contributed by atoms with Crippen molar-refractivity contribution in [2.45, 2.75) is 45.6 Å². The number of sulfonamides is 1. The standard InChI is InChI=1S/C24H28FN3O4S/c1-5-32-24(29)27-33(30,31)23-20(18-9-7-6-8-10-18)14-19(13-16(2)3)21(22(23)25)15-28-12-11-26-17(28)4/h6-12,14,16H,5,13,15H2,1-4H3,(H,27,29). The highest BCUT2D eigenvalue weighted by atomic mass is 32.2. The van der Waals surface area contributed by atoms with Crippen molar-refractivity contribution >= 4 is 16.1 Å². The van der Waals surface area contributed by atoms with Gasteiger partial charge in [-0.15, -0.1) is 0 Å². The average Bonchev–Trinajstić information content (AvgIpc) is 3.14. The minimum Gasteiger partial charge on any atom is -0.449 e. The first-order valence-electron chi connectivity index (χ1n) is 10.7. The lowest BCUT2D eigenvalue weighted by Crippen LogP contribution is -2.32. The quantitative estimate of drug-likeness (QED) is 0.513. The summed E-state index contributed by atoms with van der Waals surface area (Å²) in [5.74, 6) is -0.0150. The van der Waals surface area contributed by atoms with E-state index in [9.17, 15) is 13.2 Å². The number of halogens is 1. The highest BCUT2D eigenvalue weighted by Gasteiger charge is 2.30. The van der Waals surface area contributed by atoms with Gasteiger partial charge in [-0.1, -0.05) is 44.2 Å². The zero-order valence-electron chi connectivity index (χ0n) is 19.1. The van der Waals surface area contributed by atoms with Crippen molar-refractivity contribution in [1.29, 1.82) is 0 Å². The Morgan fingerprint density at radius 3 is 2.52 bits per heavy atom. The van der Waals surface area contributed by atoms with Gasteiger partial charge in [-0.25, -0.2) is 27.3 Å². The number of ether oxygens (including phenoxy) is 1. The lowest BCUT2D eigenvalue weighted by molar-refractivity contribution is 0.158. The van der Waals surface area contributed by atoms with Crippen LogP contribution in [0.4, 0.5) is 9.18 Å². The number of amides is 1. The molecule has 0 fully saturated rings. The Morgan fingerprint density at radius 1 is 1.24 bits per heavy atom. The van der Waals surface area contributed by atoms with E-state index in [1.165, 1.54) is 0 Å². The summed E-state index contributed by atoms with van der Waals surface area (Å²) < 4.78 is 50.9. The maximum atomic E-state index is 16.2. The zero-order valence-corrected chi connectivity index (χ0v) is 19.9. The fourth-order valence-electron chi connectivity index (χ4n) is 3.67. The first-order chi connectivity index (χ1) is 15.6. The summed E-state index contributed by atoms with van der Waals surface area (Å²) in [6.07, 6.45) is 2.71. The lowest BCUT2D eigenvalue weighted by Gasteiger charge is -2.20. The molecule has 176 valence electrons. The third kappa shape index (κ3) is 5.60. The van der Waals surface area contributed by atoms with Crippen LogP contribution in [0.15, 0.2) is 53.7 Å². The van der Waals surface area contributed by atoms with Crippen LogP contribution in [0.2, 0.25) is 0 Å². The fraction of sp³-hybridized carbons (Fsp3) is 0.333. The predicted molar refractivity (Wildman–Crippen MR) is 124 cm³/mol. The molecule has 0 saturated carbocycles. The second kappa shape index (κ2) is 10.2. The van der Waals surface area contributed by atoms with Crippen molar-refractivity contribution < 1.29 is 22.3 Å². The molecule has 3 rings (SSSR count). The Bertz CT molecular complexity index is 1240. The number of aryl methyl sites for hydroxylation is 1. The van der Waals surface area contributed by atoms with Crippen LogP contribution in [-0.2, 0) is 27.7 Å². The van der Waals surface area contributed by atoms with Gasteiger partial charge in [0.1, 0.15) is 16.5 Å². The molecular weight excluding hydrogens is 445 g/mol. The number of carbonyl (C=O) groups excluding carboxylic acids is 1.